The van der Waals surface area contributed by atoms with Gasteiger partial charge in [-0.25, -0.2) is 9.59 Å². The van der Waals surface area contributed by atoms with E-state index >= 15 is 0 Å². The van der Waals surface area contributed by atoms with Crippen molar-refractivity contribution < 1.29 is 19.8 Å². The number of carboxylic acid groups (broad SMARTS) is 2. The molecule has 0 aliphatic heterocycles. The maximum atomic E-state index is 11.5. The number of hydrogen-bond donors (Lipinski definition) is 2. The fourth-order valence-electron chi connectivity index (χ4n) is 5.58. The molecule has 3 aromatic carbocycles. The topological polar surface area (TPSA) is 125 Å². The Balaban J connectivity index is 1.24. The number of carboxylic acids is 2. The standard InChI is InChI=1S/C42H25N3O4S4/c43-24-27(41(46)47)21-32-15-17-36(50-32)34-23-39(53-40(34)38-18-16-33(51-38)22-28(25-44)42(48)49)37-20-19-35(52-37)26-11-13-31(14-12-26)45(29-7-3-1-4-8-29)30-9-5-2-6-10-30/h1-23H,(H,46,47)(H,48,49)/b27-21+,28-22+. The van der Waals surface area contributed by atoms with Crippen LogP contribution in [0.4, 0.5) is 17.1 Å². The maximum absolute atomic E-state index is 11.5. The zero-order chi connectivity index (χ0) is 36.9. The first kappa shape index (κ1) is 35.1. The Morgan fingerprint density at radius 2 is 1.02 bits per heavy atom. The lowest BCUT2D eigenvalue weighted by Gasteiger charge is -2.25. The predicted molar refractivity (Wildman–Crippen MR) is 217 cm³/mol. The fraction of sp³-hybridized carbons (Fsp3) is 0. The molecule has 7 rings (SSSR count). The SMILES string of the molecule is N#C/C(=C\c1ccc(-c2cc(-c3ccc(-c4ccc(N(c5ccccc5)c5ccccc5)cc4)s3)sc2-c2ccc(/C=C(\C#N)C(=O)O)s2)s1)C(=O)O. The molecule has 4 heterocycles. The van der Waals surface area contributed by atoms with Crippen molar-refractivity contribution in [2.45, 2.75) is 0 Å². The van der Waals surface area contributed by atoms with Gasteiger partial charge in [0.25, 0.3) is 0 Å². The van der Waals surface area contributed by atoms with Crippen LogP contribution in [0.1, 0.15) is 9.75 Å². The van der Waals surface area contributed by atoms with Gasteiger partial charge in [-0.2, -0.15) is 10.5 Å². The Morgan fingerprint density at radius 3 is 1.57 bits per heavy atom. The van der Waals surface area contributed by atoms with Crippen molar-refractivity contribution in [2.75, 3.05) is 4.90 Å². The van der Waals surface area contributed by atoms with Gasteiger partial charge in [0.05, 0.1) is 4.88 Å². The summed E-state index contributed by atoms with van der Waals surface area (Å²) in [4.78, 5) is 32.4. The first-order chi connectivity index (χ1) is 25.8. The summed E-state index contributed by atoms with van der Waals surface area (Å²) >= 11 is 6.05. The summed E-state index contributed by atoms with van der Waals surface area (Å²) in [5, 5.41) is 37.3. The van der Waals surface area contributed by atoms with E-state index in [4.69, 9.17) is 0 Å². The molecule has 0 saturated heterocycles. The minimum Gasteiger partial charge on any atom is -0.477 e. The Labute approximate surface area is 320 Å². The predicted octanol–water partition coefficient (Wildman–Crippen LogP) is 12.1. The van der Waals surface area contributed by atoms with Crippen LogP contribution < -0.4 is 4.90 Å². The molecule has 0 bridgehead atoms. The van der Waals surface area contributed by atoms with Crippen molar-refractivity contribution in [3.05, 3.63) is 148 Å². The highest BCUT2D eigenvalue weighted by Gasteiger charge is 2.20. The van der Waals surface area contributed by atoms with Gasteiger partial charge in [0.15, 0.2) is 0 Å². The highest BCUT2D eigenvalue weighted by Crippen LogP contribution is 2.49. The average Bonchev–Trinajstić information content (AvgIpc) is 4.01. The number of nitrogens with zero attached hydrogens (tertiary/aromatic N) is 3. The van der Waals surface area contributed by atoms with E-state index in [1.165, 1.54) is 34.8 Å². The van der Waals surface area contributed by atoms with E-state index in [-0.39, 0.29) is 11.1 Å². The molecule has 4 aromatic heterocycles. The van der Waals surface area contributed by atoms with Crippen LogP contribution in [0.5, 0.6) is 0 Å². The lowest BCUT2D eigenvalue weighted by molar-refractivity contribution is -0.133. The molecule has 0 aliphatic rings. The fourth-order valence-corrected chi connectivity index (χ4v) is 9.96. The van der Waals surface area contributed by atoms with Crippen molar-refractivity contribution in [3.8, 4) is 52.5 Å². The summed E-state index contributed by atoms with van der Waals surface area (Å²) in [6.45, 7) is 0. The summed E-state index contributed by atoms with van der Waals surface area (Å²) in [7, 11) is 0. The van der Waals surface area contributed by atoms with Crippen LogP contribution >= 0.6 is 45.3 Å². The van der Waals surface area contributed by atoms with E-state index in [1.54, 1.807) is 46.9 Å². The highest BCUT2D eigenvalue weighted by molar-refractivity contribution is 7.28. The second kappa shape index (κ2) is 15.5. The molecular weight excluding hydrogens is 739 g/mol. The second-order valence-electron chi connectivity index (χ2n) is 11.4. The third-order valence-electron chi connectivity index (χ3n) is 8.04. The number of hydrogen-bond acceptors (Lipinski definition) is 9. The Hall–Kier alpha value is -6.34. The van der Waals surface area contributed by atoms with Crippen LogP contribution in [0.3, 0.4) is 0 Å². The Kier molecular flexibility index (Phi) is 10.3. The Morgan fingerprint density at radius 1 is 0.528 bits per heavy atom. The van der Waals surface area contributed by atoms with Crippen LogP contribution in [0, 0.1) is 22.7 Å². The molecule has 53 heavy (non-hydrogen) atoms. The van der Waals surface area contributed by atoms with Gasteiger partial charge in [-0.1, -0.05) is 48.5 Å². The van der Waals surface area contributed by atoms with Gasteiger partial charge in [-0.05, 0) is 96.6 Å². The number of anilines is 3. The Bertz CT molecular complexity index is 2460. The number of para-hydroxylation sites is 2. The van der Waals surface area contributed by atoms with Crippen LogP contribution in [0.15, 0.2) is 139 Å². The molecule has 11 heteroatoms. The molecule has 0 aliphatic carbocycles. The highest BCUT2D eigenvalue weighted by atomic mass is 32.1. The van der Waals surface area contributed by atoms with Crippen LogP contribution in [0.25, 0.3) is 52.5 Å². The second-order valence-corrected chi connectivity index (χ2v) is 15.8. The smallest absolute Gasteiger partial charge is 0.346 e. The quantitative estimate of drug-likeness (QED) is 0.0992. The van der Waals surface area contributed by atoms with Gasteiger partial charge in [0.2, 0.25) is 0 Å². The van der Waals surface area contributed by atoms with E-state index in [9.17, 15) is 30.3 Å². The van der Waals surface area contributed by atoms with Crippen LogP contribution in [-0.2, 0) is 9.59 Å². The third-order valence-corrected chi connectivity index (χ3v) is 12.8. The van der Waals surface area contributed by atoms with Crippen molar-refractivity contribution in [1.82, 2.24) is 0 Å². The molecule has 0 spiro atoms. The van der Waals surface area contributed by atoms with Crippen molar-refractivity contribution in [3.63, 3.8) is 0 Å². The van der Waals surface area contributed by atoms with Gasteiger partial charge in [0.1, 0.15) is 23.3 Å². The molecule has 0 fully saturated rings. The summed E-state index contributed by atoms with van der Waals surface area (Å²) in [6, 6.07) is 46.3. The van der Waals surface area contributed by atoms with E-state index in [0.29, 0.717) is 9.75 Å². The molecule has 7 aromatic rings. The minimum absolute atomic E-state index is 0.348. The van der Waals surface area contributed by atoms with Gasteiger partial charge in [0, 0.05) is 56.8 Å². The van der Waals surface area contributed by atoms with Crippen LogP contribution in [0.2, 0.25) is 0 Å². The number of carbonyl (C=O) groups is 2. The minimum atomic E-state index is -1.29. The molecule has 0 amide bonds. The molecule has 0 saturated carbocycles. The summed E-state index contributed by atoms with van der Waals surface area (Å²) < 4.78 is 0. The first-order valence-corrected chi connectivity index (χ1v) is 19.2. The molecule has 2 N–H and O–H groups in total. The third kappa shape index (κ3) is 7.65. The molecule has 0 atom stereocenters. The van der Waals surface area contributed by atoms with Crippen LogP contribution in [-0.4, -0.2) is 22.2 Å². The lowest BCUT2D eigenvalue weighted by atomic mass is 10.1. The van der Waals surface area contributed by atoms with Crippen molar-refractivity contribution in [2.24, 2.45) is 0 Å². The maximum Gasteiger partial charge on any atom is 0.346 e. The lowest BCUT2D eigenvalue weighted by Crippen LogP contribution is -2.09. The number of nitriles is 2. The number of aliphatic carboxylic acids is 2. The number of rotatable bonds is 11. The largest absolute Gasteiger partial charge is 0.477 e. The van der Waals surface area contributed by atoms with E-state index in [1.807, 2.05) is 48.5 Å². The van der Waals surface area contributed by atoms with Crippen molar-refractivity contribution >= 4 is 86.5 Å². The molecule has 0 unspecified atom stereocenters. The average molecular weight is 764 g/mol. The van der Waals surface area contributed by atoms with Crippen molar-refractivity contribution in [1.29, 1.82) is 10.5 Å². The molecule has 7 nitrogen and oxygen atoms in total. The van der Waals surface area contributed by atoms with Gasteiger partial charge in [-0.15, -0.1) is 45.3 Å². The molecule has 256 valence electrons. The summed E-state index contributed by atoms with van der Waals surface area (Å²) in [6.07, 6.45) is 2.73. The number of benzene rings is 3. The van der Waals surface area contributed by atoms with E-state index < -0.39 is 11.9 Å². The number of thiophene rings is 4. The normalized spacial score (nSPS) is 11.5. The molecule has 0 radical (unpaired) electrons. The summed E-state index contributed by atoms with van der Waals surface area (Å²) in [5.41, 5.74) is 4.50. The van der Waals surface area contributed by atoms with E-state index in [0.717, 1.165) is 57.5 Å². The first-order valence-electron chi connectivity index (χ1n) is 16.0. The zero-order valence-corrected chi connectivity index (χ0v) is 30.7. The van der Waals surface area contributed by atoms with Gasteiger partial charge < -0.3 is 15.1 Å². The van der Waals surface area contributed by atoms with E-state index in [2.05, 4.69) is 71.6 Å². The van der Waals surface area contributed by atoms with Gasteiger partial charge >= 0.3 is 11.9 Å². The summed E-state index contributed by atoms with van der Waals surface area (Å²) in [5.74, 6) is -2.57. The van der Waals surface area contributed by atoms with Gasteiger partial charge in [-0.3, -0.25) is 0 Å². The monoisotopic (exact) mass is 763 g/mol. The zero-order valence-electron chi connectivity index (χ0n) is 27.5. The molecular formula is C42H25N3O4S4.